The molecular formula is C23H19NO3. The summed E-state index contributed by atoms with van der Waals surface area (Å²) >= 11 is 0. The van der Waals surface area contributed by atoms with Crippen LogP contribution in [0.1, 0.15) is 32.7 Å². The summed E-state index contributed by atoms with van der Waals surface area (Å²) < 4.78 is 5.27. The molecule has 1 heterocycles. The van der Waals surface area contributed by atoms with Crippen molar-refractivity contribution < 1.29 is 14.3 Å². The second-order valence-electron chi connectivity index (χ2n) is 6.60. The van der Waals surface area contributed by atoms with Crippen LogP contribution in [0.25, 0.3) is 0 Å². The predicted octanol–water partition coefficient (Wildman–Crippen LogP) is 4.47. The summed E-state index contributed by atoms with van der Waals surface area (Å²) in [5, 5.41) is 3.34. The smallest absolute Gasteiger partial charge is 0.195 e. The molecule has 4 rings (SSSR count). The van der Waals surface area contributed by atoms with Crippen LogP contribution in [0.2, 0.25) is 0 Å². The molecule has 3 aromatic rings. The van der Waals surface area contributed by atoms with Crippen molar-refractivity contribution in [3.8, 4) is 5.75 Å². The van der Waals surface area contributed by atoms with Crippen LogP contribution in [0.15, 0.2) is 78.9 Å². The number of carbonyl (C=O) groups excluding carboxylic acids is 2. The van der Waals surface area contributed by atoms with Gasteiger partial charge in [-0.3, -0.25) is 9.59 Å². The molecule has 1 atom stereocenters. The lowest BCUT2D eigenvalue weighted by Crippen LogP contribution is -2.40. The molecule has 0 fully saturated rings. The minimum atomic E-state index is -1.12. The van der Waals surface area contributed by atoms with E-state index in [-0.39, 0.29) is 18.0 Å². The maximum absolute atomic E-state index is 13.5. The molecule has 1 N–H and O–H groups in total. The molecule has 4 nitrogen and oxygen atoms in total. The van der Waals surface area contributed by atoms with Crippen molar-refractivity contribution in [3.63, 3.8) is 0 Å². The summed E-state index contributed by atoms with van der Waals surface area (Å²) in [5.41, 5.74) is 1.50. The van der Waals surface area contributed by atoms with Crippen molar-refractivity contribution in [1.29, 1.82) is 0 Å². The zero-order valence-corrected chi connectivity index (χ0v) is 14.9. The molecule has 0 spiro atoms. The van der Waals surface area contributed by atoms with Crippen LogP contribution in [-0.2, 0) is 5.54 Å². The highest BCUT2D eigenvalue weighted by Gasteiger charge is 2.48. The van der Waals surface area contributed by atoms with Crippen LogP contribution in [0, 0.1) is 0 Å². The normalized spacial score (nSPS) is 17.9. The molecule has 3 aromatic carbocycles. The van der Waals surface area contributed by atoms with Crippen molar-refractivity contribution in [2.45, 2.75) is 12.0 Å². The van der Waals surface area contributed by atoms with Gasteiger partial charge in [0.15, 0.2) is 11.6 Å². The van der Waals surface area contributed by atoms with E-state index >= 15 is 0 Å². The van der Waals surface area contributed by atoms with E-state index in [1.54, 1.807) is 31.4 Å². The van der Waals surface area contributed by atoms with E-state index in [1.165, 1.54) is 0 Å². The van der Waals surface area contributed by atoms with E-state index < -0.39 is 5.54 Å². The lowest BCUT2D eigenvalue weighted by Gasteiger charge is -2.28. The van der Waals surface area contributed by atoms with Crippen LogP contribution in [0.5, 0.6) is 5.75 Å². The Kier molecular flexibility index (Phi) is 4.24. The van der Waals surface area contributed by atoms with Crippen LogP contribution in [0.3, 0.4) is 0 Å². The largest absolute Gasteiger partial charge is 0.497 e. The maximum Gasteiger partial charge on any atom is 0.195 e. The minimum Gasteiger partial charge on any atom is -0.497 e. The summed E-state index contributed by atoms with van der Waals surface area (Å²) in [5.74, 6) is 0.411. The quantitative estimate of drug-likeness (QED) is 0.685. The fourth-order valence-electron chi connectivity index (χ4n) is 3.58. The number of methoxy groups -OCH3 is 1. The molecule has 0 radical (unpaired) electrons. The Morgan fingerprint density at radius 1 is 0.963 bits per heavy atom. The lowest BCUT2D eigenvalue weighted by atomic mass is 9.80. The number of hydrogen-bond acceptors (Lipinski definition) is 4. The number of hydrogen-bond donors (Lipinski definition) is 1. The zero-order valence-electron chi connectivity index (χ0n) is 14.9. The third kappa shape index (κ3) is 2.89. The number of nitrogens with one attached hydrogen (secondary N) is 1. The highest BCUT2D eigenvalue weighted by atomic mass is 16.5. The minimum absolute atomic E-state index is 0.0385. The van der Waals surface area contributed by atoms with Gasteiger partial charge in [-0.2, -0.15) is 0 Å². The highest BCUT2D eigenvalue weighted by Crippen LogP contribution is 2.43. The van der Waals surface area contributed by atoms with Crippen molar-refractivity contribution in [2.75, 3.05) is 12.4 Å². The topological polar surface area (TPSA) is 55.4 Å². The third-order valence-electron chi connectivity index (χ3n) is 5.00. The number of Topliss-reactive ketones (excluding diaryl/α,β-unsaturated/α-hetero) is 2. The zero-order chi connectivity index (χ0) is 18.9. The Labute approximate surface area is 157 Å². The summed E-state index contributed by atoms with van der Waals surface area (Å²) in [7, 11) is 1.57. The SMILES string of the molecule is COc1ccc2c(c1)C(=O)C(CC(=O)c1ccccc1)(c1ccccc1)N2. The Balaban J connectivity index is 1.79. The van der Waals surface area contributed by atoms with E-state index in [4.69, 9.17) is 4.74 Å². The van der Waals surface area contributed by atoms with Gasteiger partial charge >= 0.3 is 0 Å². The Bertz CT molecular complexity index is 999. The van der Waals surface area contributed by atoms with Gasteiger partial charge in [-0.1, -0.05) is 60.7 Å². The molecule has 0 saturated carbocycles. The number of carbonyl (C=O) groups is 2. The van der Waals surface area contributed by atoms with Crippen molar-refractivity contribution in [2.24, 2.45) is 0 Å². The highest BCUT2D eigenvalue weighted by molar-refractivity contribution is 6.16. The second kappa shape index (κ2) is 6.72. The molecule has 134 valence electrons. The van der Waals surface area contributed by atoms with Gasteiger partial charge in [0, 0.05) is 23.2 Å². The lowest BCUT2D eigenvalue weighted by molar-refractivity contribution is 0.0846. The Hall–Kier alpha value is -3.40. The summed E-state index contributed by atoms with van der Waals surface area (Å²) in [6.45, 7) is 0. The number of ketones is 2. The number of rotatable bonds is 5. The van der Waals surface area contributed by atoms with Gasteiger partial charge in [0.25, 0.3) is 0 Å². The van der Waals surface area contributed by atoms with Crippen LogP contribution >= 0.6 is 0 Å². The van der Waals surface area contributed by atoms with Gasteiger partial charge in [-0.05, 0) is 23.8 Å². The Morgan fingerprint density at radius 2 is 1.63 bits per heavy atom. The number of ether oxygens (including phenoxy) is 1. The molecule has 0 amide bonds. The molecule has 1 unspecified atom stereocenters. The molecule has 27 heavy (non-hydrogen) atoms. The first kappa shape index (κ1) is 17.0. The molecule has 0 saturated heterocycles. The number of anilines is 1. The standard InChI is InChI=1S/C23H19NO3/c1-27-18-12-13-20-19(14-18)22(26)23(24-20,17-10-6-3-7-11-17)15-21(25)16-8-4-2-5-9-16/h2-14,24H,15H2,1H3. The van der Waals surface area contributed by atoms with Gasteiger partial charge in [0.1, 0.15) is 11.3 Å². The molecule has 1 aliphatic rings. The first-order valence-electron chi connectivity index (χ1n) is 8.79. The summed E-state index contributed by atoms with van der Waals surface area (Å²) in [4.78, 5) is 26.5. The monoisotopic (exact) mass is 357 g/mol. The second-order valence-corrected chi connectivity index (χ2v) is 6.60. The fraction of sp³-hybridized carbons (Fsp3) is 0.130. The van der Waals surface area contributed by atoms with E-state index in [0.29, 0.717) is 22.6 Å². The number of fused-ring (bicyclic) bond motifs is 1. The third-order valence-corrected chi connectivity index (χ3v) is 5.00. The van der Waals surface area contributed by atoms with Gasteiger partial charge in [-0.25, -0.2) is 0 Å². The van der Waals surface area contributed by atoms with Crippen molar-refractivity contribution >= 4 is 17.3 Å². The van der Waals surface area contributed by atoms with Gasteiger partial charge in [0.2, 0.25) is 0 Å². The number of benzene rings is 3. The molecule has 1 aliphatic heterocycles. The van der Waals surface area contributed by atoms with Crippen molar-refractivity contribution in [3.05, 3.63) is 95.6 Å². The van der Waals surface area contributed by atoms with Crippen LogP contribution in [0.4, 0.5) is 5.69 Å². The van der Waals surface area contributed by atoms with Gasteiger partial charge in [0.05, 0.1) is 7.11 Å². The van der Waals surface area contributed by atoms with Crippen LogP contribution in [-0.4, -0.2) is 18.7 Å². The first-order chi connectivity index (χ1) is 13.1. The maximum atomic E-state index is 13.5. The molecular weight excluding hydrogens is 338 g/mol. The Morgan fingerprint density at radius 3 is 2.30 bits per heavy atom. The van der Waals surface area contributed by atoms with Gasteiger partial charge < -0.3 is 10.1 Å². The average Bonchev–Trinajstić information content (AvgIpc) is 3.01. The van der Waals surface area contributed by atoms with Gasteiger partial charge in [-0.15, -0.1) is 0 Å². The van der Waals surface area contributed by atoms with E-state index in [9.17, 15) is 9.59 Å². The van der Waals surface area contributed by atoms with E-state index in [1.807, 2.05) is 54.6 Å². The average molecular weight is 357 g/mol. The summed E-state index contributed by atoms with van der Waals surface area (Å²) in [6, 6.07) is 23.8. The summed E-state index contributed by atoms with van der Waals surface area (Å²) in [6.07, 6.45) is 0.0385. The fourth-order valence-corrected chi connectivity index (χ4v) is 3.58. The molecule has 4 heteroatoms. The molecule has 0 bridgehead atoms. The molecule has 0 aromatic heterocycles. The first-order valence-corrected chi connectivity index (χ1v) is 8.79. The predicted molar refractivity (Wildman–Crippen MR) is 104 cm³/mol. The van der Waals surface area contributed by atoms with Crippen molar-refractivity contribution in [1.82, 2.24) is 0 Å². The van der Waals surface area contributed by atoms with E-state index in [0.717, 1.165) is 5.56 Å². The molecule has 0 aliphatic carbocycles. The van der Waals surface area contributed by atoms with Crippen LogP contribution < -0.4 is 10.1 Å². The van der Waals surface area contributed by atoms with E-state index in [2.05, 4.69) is 5.32 Å².